The quantitative estimate of drug-likeness (QED) is 0.624. The van der Waals surface area contributed by atoms with Crippen LogP contribution in [-0.2, 0) is 4.74 Å². The molecule has 4 nitrogen and oxygen atoms in total. The SMILES string of the molecule is CC1(OC(=O)c2ccon2)CC1. The summed E-state index contributed by atoms with van der Waals surface area (Å²) in [6, 6.07) is 1.49. The molecule has 0 radical (unpaired) electrons. The molecule has 64 valence electrons. The Morgan fingerprint density at radius 2 is 2.50 bits per heavy atom. The van der Waals surface area contributed by atoms with Gasteiger partial charge in [0.15, 0.2) is 5.69 Å². The van der Waals surface area contributed by atoms with Crippen LogP contribution in [0.4, 0.5) is 0 Å². The van der Waals surface area contributed by atoms with Crippen LogP contribution in [0.1, 0.15) is 30.3 Å². The van der Waals surface area contributed by atoms with Gasteiger partial charge < -0.3 is 9.26 Å². The first-order valence-corrected chi connectivity index (χ1v) is 3.83. The number of hydrogen-bond acceptors (Lipinski definition) is 4. The minimum absolute atomic E-state index is 0.239. The van der Waals surface area contributed by atoms with Gasteiger partial charge in [-0.3, -0.25) is 0 Å². The predicted molar refractivity (Wildman–Crippen MR) is 39.6 cm³/mol. The van der Waals surface area contributed by atoms with Gasteiger partial charge in [0.25, 0.3) is 0 Å². The van der Waals surface area contributed by atoms with Gasteiger partial charge in [-0.15, -0.1) is 0 Å². The fraction of sp³-hybridized carbons (Fsp3) is 0.500. The summed E-state index contributed by atoms with van der Waals surface area (Å²) in [5, 5.41) is 3.48. The summed E-state index contributed by atoms with van der Waals surface area (Å²) >= 11 is 0. The molecule has 0 aliphatic heterocycles. The highest BCUT2D eigenvalue weighted by molar-refractivity contribution is 5.87. The molecule has 2 rings (SSSR count). The molecule has 4 heteroatoms. The van der Waals surface area contributed by atoms with Crippen molar-refractivity contribution in [1.29, 1.82) is 0 Å². The third-order valence-electron chi connectivity index (χ3n) is 1.94. The van der Waals surface area contributed by atoms with Crippen LogP contribution < -0.4 is 0 Å². The van der Waals surface area contributed by atoms with Crippen LogP contribution in [0.3, 0.4) is 0 Å². The van der Waals surface area contributed by atoms with E-state index in [0.717, 1.165) is 12.8 Å². The second-order valence-electron chi connectivity index (χ2n) is 3.22. The highest BCUT2D eigenvalue weighted by atomic mass is 16.6. The monoisotopic (exact) mass is 167 g/mol. The van der Waals surface area contributed by atoms with Gasteiger partial charge in [-0.25, -0.2) is 4.79 Å². The molecule has 1 fully saturated rings. The lowest BCUT2D eigenvalue weighted by Crippen LogP contribution is -2.15. The topological polar surface area (TPSA) is 52.3 Å². The number of hydrogen-bond donors (Lipinski definition) is 0. The summed E-state index contributed by atoms with van der Waals surface area (Å²) in [5.74, 6) is -0.399. The molecule has 0 N–H and O–H groups in total. The van der Waals surface area contributed by atoms with Crippen LogP contribution in [-0.4, -0.2) is 16.7 Å². The molecular weight excluding hydrogens is 158 g/mol. The number of carbonyl (C=O) groups excluding carboxylic acids is 1. The van der Waals surface area contributed by atoms with E-state index in [0.29, 0.717) is 0 Å². The van der Waals surface area contributed by atoms with Crippen molar-refractivity contribution >= 4 is 5.97 Å². The zero-order valence-electron chi connectivity index (χ0n) is 6.74. The molecule has 1 saturated carbocycles. The van der Waals surface area contributed by atoms with Crippen LogP contribution in [0, 0.1) is 0 Å². The van der Waals surface area contributed by atoms with Crippen molar-refractivity contribution in [2.75, 3.05) is 0 Å². The summed E-state index contributed by atoms with van der Waals surface area (Å²) in [6.45, 7) is 1.91. The van der Waals surface area contributed by atoms with Crippen molar-refractivity contribution in [3.63, 3.8) is 0 Å². The smallest absolute Gasteiger partial charge is 0.361 e. The van der Waals surface area contributed by atoms with Gasteiger partial charge in [0.2, 0.25) is 0 Å². The maximum atomic E-state index is 11.2. The Morgan fingerprint density at radius 3 is 3.00 bits per heavy atom. The van der Waals surface area contributed by atoms with Crippen LogP contribution >= 0.6 is 0 Å². The average Bonchev–Trinajstić information content (AvgIpc) is 2.55. The van der Waals surface area contributed by atoms with Crippen LogP contribution in [0.5, 0.6) is 0 Å². The van der Waals surface area contributed by atoms with E-state index >= 15 is 0 Å². The summed E-state index contributed by atoms with van der Waals surface area (Å²) in [6.07, 6.45) is 3.24. The van der Waals surface area contributed by atoms with Gasteiger partial charge in [0.1, 0.15) is 11.9 Å². The van der Waals surface area contributed by atoms with Gasteiger partial charge in [0.05, 0.1) is 0 Å². The lowest BCUT2D eigenvalue weighted by atomic mass is 10.4. The molecule has 0 bridgehead atoms. The average molecular weight is 167 g/mol. The standard InChI is InChI=1S/C8H9NO3/c1-8(3-4-8)12-7(10)6-2-5-11-9-6/h2,5H,3-4H2,1H3. The number of rotatable bonds is 2. The summed E-state index contributed by atoms with van der Waals surface area (Å²) < 4.78 is 9.65. The molecule has 0 spiro atoms. The van der Waals surface area contributed by atoms with Crippen LogP contribution in [0.2, 0.25) is 0 Å². The Bertz CT molecular complexity index is 287. The van der Waals surface area contributed by atoms with Gasteiger partial charge in [-0.1, -0.05) is 5.16 Å². The third kappa shape index (κ3) is 1.32. The van der Waals surface area contributed by atoms with E-state index in [2.05, 4.69) is 9.68 Å². The Labute approximate surface area is 69.5 Å². The number of aromatic nitrogens is 1. The normalized spacial score (nSPS) is 18.8. The van der Waals surface area contributed by atoms with Crippen LogP contribution in [0.15, 0.2) is 16.9 Å². The third-order valence-corrected chi connectivity index (χ3v) is 1.94. The molecule has 12 heavy (non-hydrogen) atoms. The second-order valence-corrected chi connectivity index (χ2v) is 3.22. The molecule has 0 atom stereocenters. The first-order valence-electron chi connectivity index (χ1n) is 3.83. The zero-order chi connectivity index (χ0) is 8.60. The fourth-order valence-electron chi connectivity index (χ4n) is 0.872. The predicted octanol–water partition coefficient (Wildman–Crippen LogP) is 1.38. The lowest BCUT2D eigenvalue weighted by molar-refractivity contribution is 0.0265. The molecule has 0 aromatic carbocycles. The van der Waals surface area contributed by atoms with E-state index in [9.17, 15) is 4.79 Å². The van der Waals surface area contributed by atoms with Crippen molar-refractivity contribution < 1.29 is 14.1 Å². The van der Waals surface area contributed by atoms with Gasteiger partial charge in [0, 0.05) is 6.07 Å². The number of ether oxygens (including phenoxy) is 1. The Balaban J connectivity index is 2.02. The molecule has 1 aromatic rings. The Morgan fingerprint density at radius 1 is 1.75 bits per heavy atom. The van der Waals surface area contributed by atoms with E-state index in [1.165, 1.54) is 12.3 Å². The van der Waals surface area contributed by atoms with E-state index in [1.807, 2.05) is 6.92 Å². The molecule has 0 amide bonds. The maximum absolute atomic E-state index is 11.2. The van der Waals surface area contributed by atoms with Crippen molar-refractivity contribution in [2.45, 2.75) is 25.4 Å². The summed E-state index contributed by atoms with van der Waals surface area (Å²) in [7, 11) is 0. The van der Waals surface area contributed by atoms with E-state index in [-0.39, 0.29) is 11.3 Å². The molecule has 1 heterocycles. The van der Waals surface area contributed by atoms with Crippen molar-refractivity contribution in [1.82, 2.24) is 5.16 Å². The van der Waals surface area contributed by atoms with E-state index < -0.39 is 5.97 Å². The molecule has 1 aliphatic rings. The van der Waals surface area contributed by atoms with E-state index in [1.54, 1.807) is 0 Å². The molecule has 1 aliphatic carbocycles. The largest absolute Gasteiger partial charge is 0.455 e. The first-order chi connectivity index (χ1) is 5.70. The minimum atomic E-state index is -0.399. The van der Waals surface area contributed by atoms with E-state index in [4.69, 9.17) is 4.74 Å². The number of esters is 1. The van der Waals surface area contributed by atoms with Crippen molar-refractivity contribution in [3.05, 3.63) is 18.0 Å². The number of nitrogens with zero attached hydrogens (tertiary/aromatic N) is 1. The molecule has 0 unspecified atom stereocenters. The Kier molecular flexibility index (Phi) is 1.43. The van der Waals surface area contributed by atoms with Crippen molar-refractivity contribution in [3.8, 4) is 0 Å². The van der Waals surface area contributed by atoms with Gasteiger partial charge >= 0.3 is 5.97 Å². The molecular formula is C8H9NO3. The summed E-state index contributed by atoms with van der Waals surface area (Å²) in [5.41, 5.74) is -0.00104. The minimum Gasteiger partial charge on any atom is -0.455 e. The molecule has 1 aromatic heterocycles. The number of carbonyl (C=O) groups is 1. The highest BCUT2D eigenvalue weighted by Gasteiger charge is 2.42. The first kappa shape index (κ1) is 7.34. The highest BCUT2D eigenvalue weighted by Crippen LogP contribution is 2.39. The Hall–Kier alpha value is -1.32. The van der Waals surface area contributed by atoms with Gasteiger partial charge in [-0.2, -0.15) is 0 Å². The maximum Gasteiger partial charge on any atom is 0.361 e. The van der Waals surface area contributed by atoms with Crippen LogP contribution in [0.25, 0.3) is 0 Å². The van der Waals surface area contributed by atoms with Crippen molar-refractivity contribution in [2.24, 2.45) is 0 Å². The zero-order valence-corrected chi connectivity index (χ0v) is 6.74. The summed E-state index contributed by atoms with van der Waals surface area (Å²) in [4.78, 5) is 11.2. The van der Waals surface area contributed by atoms with Gasteiger partial charge in [-0.05, 0) is 19.8 Å². The molecule has 0 saturated heterocycles. The second kappa shape index (κ2) is 2.33. The lowest BCUT2D eigenvalue weighted by Gasteiger charge is -2.07. The fourth-order valence-corrected chi connectivity index (χ4v) is 0.872.